The molecule has 1 unspecified atom stereocenters. The molecule has 0 spiro atoms. The van der Waals surface area contributed by atoms with E-state index in [0.717, 1.165) is 0 Å². The molecule has 0 saturated carbocycles. The lowest BCUT2D eigenvalue weighted by atomic mass is 9.96. The number of H-pyrrole nitrogens is 1. The lowest BCUT2D eigenvalue weighted by molar-refractivity contribution is -0.121. The molecular formula is C18H20N6O4S. The fourth-order valence-electron chi connectivity index (χ4n) is 3.69. The fraction of sp³-hybridized carbons (Fsp3) is 0.333. The van der Waals surface area contributed by atoms with Crippen LogP contribution in [0.5, 0.6) is 0 Å². The number of hydrogen-bond donors (Lipinski definition) is 3. The summed E-state index contributed by atoms with van der Waals surface area (Å²) < 4.78 is 28.6. The van der Waals surface area contributed by atoms with E-state index in [1.165, 1.54) is 6.07 Å². The van der Waals surface area contributed by atoms with E-state index >= 15 is 0 Å². The number of carbonyl (C=O) groups excluding carboxylic acids is 2. The first-order valence-electron chi connectivity index (χ1n) is 9.13. The number of anilines is 1. The molecule has 1 fully saturated rings. The predicted molar refractivity (Wildman–Crippen MR) is 105 cm³/mol. The molecule has 0 aliphatic carbocycles. The standard InChI is InChI=1S/C18H20N6O4S/c1-10-14(15(16(19)25)22-21-10)20-18(26)11-5-4-8-24(9-11)17-12-6-2-3-7-13(12)29(27,28)23-17/h2-3,6-7,11H,4-5,8-9H2,1H3,(H2,19,25)(H,20,26)(H,21,22). The van der Waals surface area contributed by atoms with E-state index in [2.05, 4.69) is 19.9 Å². The highest BCUT2D eigenvalue weighted by Gasteiger charge is 2.35. The molecule has 3 heterocycles. The van der Waals surface area contributed by atoms with Crippen molar-refractivity contribution in [1.29, 1.82) is 0 Å². The van der Waals surface area contributed by atoms with Crippen LogP contribution in [0, 0.1) is 12.8 Å². The molecule has 10 nitrogen and oxygen atoms in total. The van der Waals surface area contributed by atoms with Gasteiger partial charge in [0.25, 0.3) is 15.9 Å². The molecule has 2 amide bonds. The number of likely N-dealkylation sites (tertiary alicyclic amines) is 1. The van der Waals surface area contributed by atoms with Gasteiger partial charge in [0.2, 0.25) is 5.91 Å². The summed E-state index contributed by atoms with van der Waals surface area (Å²) in [5.41, 5.74) is 6.63. The maximum atomic E-state index is 12.8. The van der Waals surface area contributed by atoms with Gasteiger partial charge in [-0.05, 0) is 31.9 Å². The zero-order valence-electron chi connectivity index (χ0n) is 15.7. The maximum Gasteiger partial charge on any atom is 0.285 e. The molecule has 152 valence electrons. The maximum absolute atomic E-state index is 12.8. The van der Waals surface area contributed by atoms with Gasteiger partial charge in [0.05, 0.1) is 17.3 Å². The SMILES string of the molecule is Cc1[nH]nc(C(N)=O)c1NC(=O)C1CCCN(C2=NS(=O)(=O)c3ccccc32)C1. The minimum atomic E-state index is -3.72. The van der Waals surface area contributed by atoms with E-state index in [0.29, 0.717) is 43.0 Å². The molecule has 29 heavy (non-hydrogen) atoms. The average molecular weight is 416 g/mol. The molecule has 4 N–H and O–H groups in total. The zero-order valence-corrected chi connectivity index (χ0v) is 16.5. The summed E-state index contributed by atoms with van der Waals surface area (Å²) in [6.07, 6.45) is 1.33. The van der Waals surface area contributed by atoms with Gasteiger partial charge >= 0.3 is 0 Å². The van der Waals surface area contributed by atoms with Crippen molar-refractivity contribution in [2.24, 2.45) is 16.0 Å². The lowest BCUT2D eigenvalue weighted by Gasteiger charge is -2.33. The molecule has 1 aromatic heterocycles. The number of aromatic nitrogens is 2. The molecule has 1 saturated heterocycles. The Morgan fingerprint density at radius 3 is 2.83 bits per heavy atom. The molecule has 1 atom stereocenters. The summed E-state index contributed by atoms with van der Waals surface area (Å²) in [4.78, 5) is 26.4. The number of benzene rings is 1. The van der Waals surface area contributed by atoms with E-state index in [1.54, 1.807) is 25.1 Å². The molecule has 0 radical (unpaired) electrons. The van der Waals surface area contributed by atoms with Crippen LogP contribution < -0.4 is 11.1 Å². The summed E-state index contributed by atoms with van der Waals surface area (Å²) in [6.45, 7) is 2.60. The number of amides is 2. The van der Waals surface area contributed by atoms with Gasteiger partial charge in [-0.2, -0.15) is 13.5 Å². The number of primary amides is 1. The number of piperidine rings is 1. The third-order valence-corrected chi connectivity index (χ3v) is 6.46. The molecule has 2 aliphatic rings. The second kappa shape index (κ2) is 6.99. The third-order valence-electron chi connectivity index (χ3n) is 5.13. The Morgan fingerprint density at radius 1 is 1.31 bits per heavy atom. The number of fused-ring (bicyclic) bond motifs is 1. The van der Waals surface area contributed by atoms with E-state index in [-0.39, 0.29) is 22.2 Å². The number of aryl methyl sites for hydroxylation is 1. The third kappa shape index (κ3) is 3.37. The second-order valence-corrected chi connectivity index (χ2v) is 8.67. The Labute approximate surface area is 167 Å². The largest absolute Gasteiger partial charge is 0.364 e. The predicted octanol–water partition coefficient (Wildman–Crippen LogP) is 0.617. The number of hydrogen-bond acceptors (Lipinski definition) is 6. The van der Waals surface area contributed by atoms with Crippen LogP contribution in [0.2, 0.25) is 0 Å². The number of aromatic amines is 1. The Morgan fingerprint density at radius 2 is 2.07 bits per heavy atom. The number of nitrogens with zero attached hydrogens (tertiary/aromatic N) is 3. The Hall–Kier alpha value is -3.21. The molecule has 1 aromatic carbocycles. The fourth-order valence-corrected chi connectivity index (χ4v) is 4.91. The van der Waals surface area contributed by atoms with E-state index in [1.807, 2.05) is 4.90 Å². The minimum Gasteiger partial charge on any atom is -0.364 e. The average Bonchev–Trinajstić information content (AvgIpc) is 3.19. The monoisotopic (exact) mass is 416 g/mol. The van der Waals surface area contributed by atoms with Crippen molar-refractivity contribution in [1.82, 2.24) is 15.1 Å². The van der Waals surface area contributed by atoms with Gasteiger partial charge < -0.3 is 16.0 Å². The van der Waals surface area contributed by atoms with Crippen LogP contribution in [0.1, 0.15) is 34.6 Å². The summed E-state index contributed by atoms with van der Waals surface area (Å²) >= 11 is 0. The number of sulfonamides is 1. The normalized spacial score (nSPS) is 20.1. The van der Waals surface area contributed by atoms with Crippen molar-refractivity contribution in [2.75, 3.05) is 18.4 Å². The molecule has 4 rings (SSSR count). The first kappa shape index (κ1) is 19.1. The highest BCUT2D eigenvalue weighted by atomic mass is 32.2. The van der Waals surface area contributed by atoms with Crippen LogP contribution in [0.25, 0.3) is 0 Å². The molecule has 2 aromatic rings. The highest BCUT2D eigenvalue weighted by Crippen LogP contribution is 2.30. The van der Waals surface area contributed by atoms with Crippen LogP contribution in [-0.4, -0.2) is 54.3 Å². The van der Waals surface area contributed by atoms with Crippen molar-refractivity contribution in [3.8, 4) is 0 Å². The molecule has 2 aliphatic heterocycles. The van der Waals surface area contributed by atoms with Crippen LogP contribution in [0.3, 0.4) is 0 Å². The Bertz CT molecular complexity index is 1140. The Kier molecular flexibility index (Phi) is 4.61. The van der Waals surface area contributed by atoms with Gasteiger partial charge in [-0.3, -0.25) is 14.7 Å². The van der Waals surface area contributed by atoms with E-state index in [9.17, 15) is 18.0 Å². The number of nitrogens with one attached hydrogen (secondary N) is 2. The second-order valence-electron chi connectivity index (χ2n) is 7.10. The summed E-state index contributed by atoms with van der Waals surface area (Å²) in [6, 6.07) is 6.67. The van der Waals surface area contributed by atoms with Gasteiger partial charge in [-0.1, -0.05) is 12.1 Å². The molecular weight excluding hydrogens is 396 g/mol. The first-order valence-corrected chi connectivity index (χ1v) is 10.6. The van der Waals surface area contributed by atoms with Gasteiger partial charge in [0, 0.05) is 18.7 Å². The lowest BCUT2D eigenvalue weighted by Crippen LogP contribution is -2.43. The van der Waals surface area contributed by atoms with E-state index < -0.39 is 21.8 Å². The van der Waals surface area contributed by atoms with Crippen LogP contribution in [0.15, 0.2) is 33.6 Å². The van der Waals surface area contributed by atoms with Crippen molar-refractivity contribution in [3.05, 3.63) is 41.2 Å². The first-order chi connectivity index (χ1) is 13.8. The number of nitrogens with two attached hydrogens (primary N) is 1. The number of carbonyl (C=O) groups is 2. The van der Waals surface area contributed by atoms with Crippen molar-refractivity contribution in [2.45, 2.75) is 24.7 Å². The quantitative estimate of drug-likeness (QED) is 0.667. The minimum absolute atomic E-state index is 0.0243. The highest BCUT2D eigenvalue weighted by molar-refractivity contribution is 7.90. The van der Waals surface area contributed by atoms with Crippen molar-refractivity contribution in [3.63, 3.8) is 0 Å². The van der Waals surface area contributed by atoms with E-state index in [4.69, 9.17) is 5.73 Å². The van der Waals surface area contributed by atoms with Crippen molar-refractivity contribution >= 4 is 33.4 Å². The molecule has 0 bridgehead atoms. The summed E-state index contributed by atoms with van der Waals surface area (Å²) in [5, 5.41) is 9.20. The van der Waals surface area contributed by atoms with Crippen LogP contribution in [-0.2, 0) is 14.8 Å². The van der Waals surface area contributed by atoms with Crippen LogP contribution >= 0.6 is 0 Å². The smallest absolute Gasteiger partial charge is 0.285 e. The topological polar surface area (TPSA) is 151 Å². The van der Waals surface area contributed by atoms with Gasteiger partial charge in [-0.25, -0.2) is 0 Å². The summed E-state index contributed by atoms with van der Waals surface area (Å²) in [7, 11) is -3.72. The number of rotatable bonds is 3. The van der Waals surface area contributed by atoms with Crippen LogP contribution in [0.4, 0.5) is 5.69 Å². The zero-order chi connectivity index (χ0) is 20.8. The Balaban J connectivity index is 1.55. The van der Waals surface area contributed by atoms with Gasteiger partial charge in [0.1, 0.15) is 4.90 Å². The van der Waals surface area contributed by atoms with Gasteiger partial charge in [-0.15, -0.1) is 4.40 Å². The number of amidine groups is 1. The molecule has 11 heteroatoms. The van der Waals surface area contributed by atoms with Crippen molar-refractivity contribution < 1.29 is 18.0 Å². The van der Waals surface area contributed by atoms with Gasteiger partial charge in [0.15, 0.2) is 11.5 Å². The summed E-state index contributed by atoms with van der Waals surface area (Å²) in [5.74, 6) is -1.05.